The maximum absolute atomic E-state index is 14.3. The molecule has 3 nitrogen and oxygen atoms in total. The average molecular weight is 369 g/mol. The van der Waals surface area contributed by atoms with E-state index in [4.69, 9.17) is 11.6 Å². The molecule has 0 bridgehead atoms. The van der Waals surface area contributed by atoms with Crippen molar-refractivity contribution in [2.75, 3.05) is 5.88 Å². The fourth-order valence-corrected chi connectivity index (χ4v) is 2.78. The van der Waals surface area contributed by atoms with Gasteiger partial charge in [0.25, 0.3) is 0 Å². The van der Waals surface area contributed by atoms with E-state index in [-0.39, 0.29) is 5.82 Å². The van der Waals surface area contributed by atoms with Crippen LogP contribution in [0.25, 0.3) is 16.9 Å². The van der Waals surface area contributed by atoms with Gasteiger partial charge in [0, 0.05) is 22.5 Å². The molecule has 0 amide bonds. The first-order valence-corrected chi connectivity index (χ1v) is 7.79. The van der Waals surface area contributed by atoms with E-state index < -0.39 is 0 Å². The monoisotopic (exact) mass is 367 g/mol. The lowest BCUT2D eigenvalue weighted by atomic mass is 10.3. The van der Waals surface area contributed by atoms with Gasteiger partial charge < -0.3 is 0 Å². The summed E-state index contributed by atoms with van der Waals surface area (Å²) in [5.74, 6) is 0.796. The van der Waals surface area contributed by atoms with Gasteiger partial charge in [0.1, 0.15) is 17.2 Å². The Labute approximate surface area is 134 Å². The largest absolute Gasteiger partial charge is 0.278 e. The van der Waals surface area contributed by atoms with Crippen molar-refractivity contribution >= 4 is 38.7 Å². The zero-order valence-corrected chi connectivity index (χ0v) is 13.6. The van der Waals surface area contributed by atoms with E-state index in [0.29, 0.717) is 29.5 Å². The summed E-state index contributed by atoms with van der Waals surface area (Å²) in [4.78, 5) is 9.03. The van der Waals surface area contributed by atoms with Crippen LogP contribution in [0.3, 0.4) is 0 Å². The highest BCUT2D eigenvalue weighted by molar-refractivity contribution is 9.10. The molecule has 0 fully saturated rings. The van der Waals surface area contributed by atoms with Gasteiger partial charge in [-0.05, 0) is 37.3 Å². The number of benzene rings is 1. The second-order valence-electron chi connectivity index (χ2n) is 4.69. The van der Waals surface area contributed by atoms with Crippen LogP contribution in [-0.4, -0.2) is 20.4 Å². The van der Waals surface area contributed by atoms with Gasteiger partial charge in [0.2, 0.25) is 0 Å². The minimum absolute atomic E-state index is 0.323. The van der Waals surface area contributed by atoms with Crippen LogP contribution in [0.15, 0.2) is 34.8 Å². The molecule has 0 radical (unpaired) electrons. The second kappa shape index (κ2) is 5.73. The number of alkyl halides is 1. The van der Waals surface area contributed by atoms with Gasteiger partial charge in [-0.15, -0.1) is 11.6 Å². The average Bonchev–Trinajstić information content (AvgIpc) is 2.79. The Kier molecular flexibility index (Phi) is 3.95. The SMILES string of the molecule is Cc1ccc2nc(CCCl)n(-c3cc(Br)ccc3F)c2n1. The number of aryl methyl sites for hydroxylation is 2. The predicted molar refractivity (Wildman–Crippen MR) is 85.7 cm³/mol. The van der Waals surface area contributed by atoms with Crippen LogP contribution in [0.2, 0.25) is 0 Å². The highest BCUT2D eigenvalue weighted by Crippen LogP contribution is 2.25. The molecule has 6 heteroatoms. The fourth-order valence-electron chi connectivity index (χ4n) is 2.26. The van der Waals surface area contributed by atoms with Crippen molar-refractivity contribution in [1.82, 2.24) is 14.5 Å². The quantitative estimate of drug-likeness (QED) is 0.641. The van der Waals surface area contributed by atoms with Gasteiger partial charge in [-0.1, -0.05) is 15.9 Å². The first-order valence-electron chi connectivity index (χ1n) is 6.46. The molecule has 0 N–H and O–H groups in total. The summed E-state index contributed by atoms with van der Waals surface area (Å²) in [7, 11) is 0. The fraction of sp³-hybridized carbons (Fsp3) is 0.200. The van der Waals surface area contributed by atoms with Crippen LogP contribution < -0.4 is 0 Å². The number of hydrogen-bond acceptors (Lipinski definition) is 2. The summed E-state index contributed by atoms with van der Waals surface area (Å²) in [5, 5.41) is 0. The lowest BCUT2D eigenvalue weighted by molar-refractivity contribution is 0.616. The Morgan fingerprint density at radius 3 is 2.81 bits per heavy atom. The number of nitrogens with zero attached hydrogens (tertiary/aromatic N) is 3. The Morgan fingerprint density at radius 1 is 1.24 bits per heavy atom. The normalized spacial score (nSPS) is 11.2. The second-order valence-corrected chi connectivity index (χ2v) is 5.99. The van der Waals surface area contributed by atoms with Gasteiger partial charge in [-0.25, -0.2) is 14.4 Å². The van der Waals surface area contributed by atoms with E-state index in [9.17, 15) is 4.39 Å². The maximum atomic E-state index is 14.3. The minimum Gasteiger partial charge on any atom is -0.278 e. The molecule has 1 aromatic carbocycles. The summed E-state index contributed by atoms with van der Waals surface area (Å²) in [6.07, 6.45) is 0.545. The van der Waals surface area contributed by atoms with E-state index >= 15 is 0 Å². The predicted octanol–water partition coefficient (Wildman–Crippen LogP) is 4.41. The number of rotatable bonds is 3. The van der Waals surface area contributed by atoms with Crippen LogP contribution in [-0.2, 0) is 6.42 Å². The lowest BCUT2D eigenvalue weighted by Gasteiger charge is -2.10. The summed E-state index contributed by atoms with van der Waals surface area (Å²) < 4.78 is 16.8. The highest BCUT2D eigenvalue weighted by Gasteiger charge is 2.16. The maximum Gasteiger partial charge on any atom is 0.165 e. The van der Waals surface area contributed by atoms with Crippen molar-refractivity contribution in [2.24, 2.45) is 0 Å². The Bertz CT molecular complexity index is 816. The van der Waals surface area contributed by atoms with Gasteiger partial charge in [-0.3, -0.25) is 4.57 Å². The van der Waals surface area contributed by atoms with Crippen LogP contribution >= 0.6 is 27.5 Å². The number of hydrogen-bond donors (Lipinski definition) is 0. The van der Waals surface area contributed by atoms with Crippen molar-refractivity contribution in [1.29, 1.82) is 0 Å². The molecule has 0 aliphatic carbocycles. The zero-order chi connectivity index (χ0) is 15.0. The van der Waals surface area contributed by atoms with Gasteiger partial charge in [0.05, 0.1) is 5.69 Å². The van der Waals surface area contributed by atoms with E-state index in [1.165, 1.54) is 6.07 Å². The van der Waals surface area contributed by atoms with Gasteiger partial charge in [-0.2, -0.15) is 0 Å². The van der Waals surface area contributed by atoms with E-state index in [2.05, 4.69) is 25.9 Å². The number of fused-ring (bicyclic) bond motifs is 1. The topological polar surface area (TPSA) is 30.7 Å². The smallest absolute Gasteiger partial charge is 0.165 e. The Balaban J connectivity index is 2.35. The van der Waals surface area contributed by atoms with E-state index in [0.717, 1.165) is 15.7 Å². The molecule has 0 saturated carbocycles. The molecule has 108 valence electrons. The third kappa shape index (κ3) is 2.68. The van der Waals surface area contributed by atoms with Crippen molar-refractivity contribution in [3.8, 4) is 5.69 Å². The molecule has 2 heterocycles. The molecule has 0 spiro atoms. The number of pyridine rings is 1. The lowest BCUT2D eigenvalue weighted by Crippen LogP contribution is -2.05. The first kappa shape index (κ1) is 14.5. The minimum atomic E-state index is -0.323. The Hall–Kier alpha value is -1.46. The summed E-state index contributed by atoms with van der Waals surface area (Å²) in [6.45, 7) is 1.90. The molecule has 0 aliphatic rings. The number of halogens is 3. The zero-order valence-electron chi connectivity index (χ0n) is 11.3. The summed E-state index contributed by atoms with van der Waals surface area (Å²) in [6, 6.07) is 8.59. The van der Waals surface area contributed by atoms with Crippen molar-refractivity contribution < 1.29 is 4.39 Å². The van der Waals surface area contributed by atoms with Crippen molar-refractivity contribution in [3.05, 3.63) is 52.1 Å². The molecule has 3 rings (SSSR count). The number of imidazole rings is 1. The molecule has 0 atom stereocenters. The Morgan fingerprint density at radius 2 is 2.05 bits per heavy atom. The van der Waals surface area contributed by atoms with Crippen LogP contribution in [0, 0.1) is 12.7 Å². The van der Waals surface area contributed by atoms with E-state index in [1.807, 2.05) is 19.1 Å². The van der Waals surface area contributed by atoms with Crippen LogP contribution in [0.5, 0.6) is 0 Å². The highest BCUT2D eigenvalue weighted by atomic mass is 79.9. The molecular formula is C15H12BrClFN3. The molecule has 0 aliphatic heterocycles. The van der Waals surface area contributed by atoms with Crippen LogP contribution in [0.1, 0.15) is 11.5 Å². The van der Waals surface area contributed by atoms with Crippen molar-refractivity contribution in [3.63, 3.8) is 0 Å². The molecule has 0 unspecified atom stereocenters. The summed E-state index contributed by atoms with van der Waals surface area (Å²) >= 11 is 9.23. The molecular weight excluding hydrogens is 357 g/mol. The molecule has 0 saturated heterocycles. The first-order chi connectivity index (χ1) is 10.1. The van der Waals surface area contributed by atoms with Gasteiger partial charge >= 0.3 is 0 Å². The molecule has 3 aromatic rings. The van der Waals surface area contributed by atoms with E-state index in [1.54, 1.807) is 16.7 Å². The number of aromatic nitrogens is 3. The van der Waals surface area contributed by atoms with Crippen molar-refractivity contribution in [2.45, 2.75) is 13.3 Å². The van der Waals surface area contributed by atoms with Crippen LogP contribution in [0.4, 0.5) is 4.39 Å². The third-order valence-electron chi connectivity index (χ3n) is 3.18. The standard InChI is InChI=1S/C15H12BrClFN3/c1-9-2-5-12-15(19-9)21(14(20-12)6-7-17)13-8-10(16)3-4-11(13)18/h2-5,8H,6-7H2,1H3. The molecule has 2 aromatic heterocycles. The third-order valence-corrected chi connectivity index (χ3v) is 3.86. The summed E-state index contributed by atoms with van der Waals surface area (Å²) in [5.41, 5.74) is 2.66. The molecule has 21 heavy (non-hydrogen) atoms. The van der Waals surface area contributed by atoms with Gasteiger partial charge in [0.15, 0.2) is 5.65 Å².